The highest BCUT2D eigenvalue weighted by Crippen LogP contribution is 2.38. The predicted molar refractivity (Wildman–Crippen MR) is 153 cm³/mol. The van der Waals surface area contributed by atoms with Crippen molar-refractivity contribution in [2.45, 2.75) is 45.8 Å². The zero-order chi connectivity index (χ0) is 28.3. The number of alkyl halides is 3. The standard InChI is InChI=1S/C31H38F3N5/c1-21(27-8-6-7-9-28(27)31(32,33)34)16-26(23(3)24(4)35)17-22(2)39-20-36-29-11-10-25(18-30(29)39)19-38-14-12-37(5)13-15-38/h6-11,17-18,20-21H,4,12-16,19,35H2,1-3,5H3/b22-17+,26-23+. The lowest BCUT2D eigenvalue weighted by Gasteiger charge is -2.32. The maximum atomic E-state index is 13.7. The Hall–Kier alpha value is -3.36. The minimum Gasteiger partial charge on any atom is -0.399 e. The molecule has 1 aromatic heterocycles. The van der Waals surface area contributed by atoms with Crippen LogP contribution in [0.15, 0.2) is 78.3 Å². The Labute approximate surface area is 229 Å². The summed E-state index contributed by atoms with van der Waals surface area (Å²) in [5.74, 6) is -0.383. The van der Waals surface area contributed by atoms with Crippen LogP contribution in [0.25, 0.3) is 16.7 Å². The van der Waals surface area contributed by atoms with Gasteiger partial charge in [0.15, 0.2) is 0 Å². The van der Waals surface area contributed by atoms with Crippen LogP contribution in [0.1, 0.15) is 49.8 Å². The Morgan fingerprint density at radius 3 is 2.46 bits per heavy atom. The molecule has 208 valence electrons. The summed E-state index contributed by atoms with van der Waals surface area (Å²) in [6.45, 7) is 14.6. The van der Waals surface area contributed by atoms with E-state index in [0.29, 0.717) is 12.1 Å². The summed E-state index contributed by atoms with van der Waals surface area (Å²) in [6.07, 6.45) is -0.241. The first-order chi connectivity index (χ1) is 18.4. The van der Waals surface area contributed by atoms with Gasteiger partial charge in [-0.2, -0.15) is 13.2 Å². The number of nitrogens with two attached hydrogens (primary N) is 1. The highest BCUT2D eigenvalue weighted by atomic mass is 19.4. The number of hydrogen-bond donors (Lipinski definition) is 1. The number of halogens is 3. The normalized spacial score (nSPS) is 17.4. The molecule has 0 bridgehead atoms. The third-order valence-corrected chi connectivity index (χ3v) is 7.66. The molecule has 0 radical (unpaired) electrons. The summed E-state index contributed by atoms with van der Waals surface area (Å²) in [5.41, 5.74) is 11.8. The first-order valence-electron chi connectivity index (χ1n) is 13.3. The SMILES string of the molecule is C=C(N)/C(C)=C(/C=C(\C)n1cnc2ccc(CN3CCN(C)CC3)cc21)CC(C)c1ccccc1C(F)(F)F. The number of rotatable bonds is 8. The molecule has 5 nitrogen and oxygen atoms in total. The van der Waals surface area contributed by atoms with E-state index in [2.05, 4.69) is 40.5 Å². The molecule has 4 rings (SSSR count). The third kappa shape index (κ3) is 6.81. The van der Waals surface area contributed by atoms with Crippen molar-refractivity contribution in [3.05, 3.63) is 95.0 Å². The summed E-state index contributed by atoms with van der Waals surface area (Å²) < 4.78 is 43.1. The Balaban J connectivity index is 1.64. The average molecular weight is 538 g/mol. The molecule has 0 spiro atoms. The number of aromatic nitrogens is 2. The van der Waals surface area contributed by atoms with Gasteiger partial charge in [-0.05, 0) is 79.8 Å². The second-order valence-corrected chi connectivity index (χ2v) is 10.7. The number of allylic oxidation sites excluding steroid dienone is 4. The molecular weight excluding hydrogens is 499 g/mol. The van der Waals surface area contributed by atoms with Gasteiger partial charge in [0, 0.05) is 44.1 Å². The van der Waals surface area contributed by atoms with E-state index in [1.54, 1.807) is 18.5 Å². The Morgan fingerprint density at radius 1 is 1.10 bits per heavy atom. The van der Waals surface area contributed by atoms with Gasteiger partial charge in [-0.3, -0.25) is 4.90 Å². The highest BCUT2D eigenvalue weighted by molar-refractivity contribution is 5.80. The van der Waals surface area contributed by atoms with Gasteiger partial charge in [0.1, 0.15) is 6.33 Å². The van der Waals surface area contributed by atoms with Crippen molar-refractivity contribution in [2.24, 2.45) is 5.73 Å². The van der Waals surface area contributed by atoms with Crippen LogP contribution in [0.4, 0.5) is 13.2 Å². The predicted octanol–water partition coefficient (Wildman–Crippen LogP) is 6.65. The van der Waals surface area contributed by atoms with E-state index in [1.165, 1.54) is 11.6 Å². The van der Waals surface area contributed by atoms with E-state index in [9.17, 15) is 13.2 Å². The summed E-state index contributed by atoms with van der Waals surface area (Å²) in [4.78, 5) is 9.39. The van der Waals surface area contributed by atoms with Crippen LogP contribution in [-0.2, 0) is 12.7 Å². The Bertz CT molecular complexity index is 1390. The van der Waals surface area contributed by atoms with Crippen LogP contribution in [0.2, 0.25) is 0 Å². The van der Waals surface area contributed by atoms with E-state index in [4.69, 9.17) is 5.73 Å². The topological polar surface area (TPSA) is 50.3 Å². The van der Waals surface area contributed by atoms with Crippen molar-refractivity contribution < 1.29 is 13.2 Å². The van der Waals surface area contributed by atoms with Gasteiger partial charge >= 0.3 is 6.18 Å². The van der Waals surface area contributed by atoms with Gasteiger partial charge < -0.3 is 15.2 Å². The van der Waals surface area contributed by atoms with Crippen LogP contribution in [-0.4, -0.2) is 52.6 Å². The van der Waals surface area contributed by atoms with Crippen molar-refractivity contribution >= 4 is 16.7 Å². The van der Waals surface area contributed by atoms with Crippen molar-refractivity contribution in [3.63, 3.8) is 0 Å². The number of benzene rings is 2. The van der Waals surface area contributed by atoms with Crippen LogP contribution in [0.5, 0.6) is 0 Å². The minimum atomic E-state index is -4.41. The molecule has 1 fully saturated rings. The Morgan fingerprint density at radius 2 is 1.79 bits per heavy atom. The van der Waals surface area contributed by atoms with Crippen molar-refractivity contribution in [1.29, 1.82) is 0 Å². The number of piperazine rings is 1. The summed E-state index contributed by atoms with van der Waals surface area (Å²) in [6, 6.07) is 12.1. The molecule has 0 amide bonds. The smallest absolute Gasteiger partial charge is 0.399 e. The second-order valence-electron chi connectivity index (χ2n) is 10.7. The maximum absolute atomic E-state index is 13.7. The van der Waals surface area contributed by atoms with Gasteiger partial charge in [0.2, 0.25) is 0 Å². The molecule has 39 heavy (non-hydrogen) atoms. The molecule has 1 aliphatic heterocycles. The van der Waals surface area contributed by atoms with E-state index >= 15 is 0 Å². The molecule has 3 aromatic rings. The zero-order valence-corrected chi connectivity index (χ0v) is 23.2. The fourth-order valence-corrected chi connectivity index (χ4v) is 5.17. The molecule has 2 heterocycles. The summed E-state index contributed by atoms with van der Waals surface area (Å²) >= 11 is 0. The molecule has 1 atom stereocenters. The van der Waals surface area contributed by atoms with Gasteiger partial charge in [-0.15, -0.1) is 0 Å². The molecule has 1 saturated heterocycles. The second kappa shape index (κ2) is 11.8. The number of imidazole rings is 1. The van der Waals surface area contributed by atoms with E-state index < -0.39 is 11.7 Å². The first-order valence-corrected chi connectivity index (χ1v) is 13.3. The summed E-state index contributed by atoms with van der Waals surface area (Å²) in [7, 11) is 2.15. The number of hydrogen-bond acceptors (Lipinski definition) is 4. The van der Waals surface area contributed by atoms with Crippen molar-refractivity contribution in [1.82, 2.24) is 19.4 Å². The largest absolute Gasteiger partial charge is 0.416 e. The fourth-order valence-electron chi connectivity index (χ4n) is 5.17. The van der Waals surface area contributed by atoms with Crippen LogP contribution in [0.3, 0.4) is 0 Å². The van der Waals surface area contributed by atoms with E-state index in [-0.39, 0.29) is 11.5 Å². The molecule has 1 aliphatic rings. The third-order valence-electron chi connectivity index (χ3n) is 7.66. The van der Waals surface area contributed by atoms with E-state index in [0.717, 1.165) is 66.7 Å². The lowest BCUT2D eigenvalue weighted by molar-refractivity contribution is -0.138. The maximum Gasteiger partial charge on any atom is 0.416 e. The quantitative estimate of drug-likeness (QED) is 0.327. The van der Waals surface area contributed by atoms with Crippen molar-refractivity contribution in [2.75, 3.05) is 33.2 Å². The lowest BCUT2D eigenvalue weighted by Crippen LogP contribution is -2.43. The average Bonchev–Trinajstić information content (AvgIpc) is 3.32. The zero-order valence-electron chi connectivity index (χ0n) is 23.2. The first kappa shape index (κ1) is 28.6. The molecule has 2 aromatic carbocycles. The molecule has 1 unspecified atom stereocenters. The van der Waals surface area contributed by atoms with Crippen LogP contribution >= 0.6 is 0 Å². The Kier molecular flexibility index (Phi) is 8.67. The molecule has 2 N–H and O–H groups in total. The summed E-state index contributed by atoms with van der Waals surface area (Å²) in [5, 5.41) is 0. The molecule has 8 heteroatoms. The van der Waals surface area contributed by atoms with Gasteiger partial charge in [-0.25, -0.2) is 4.98 Å². The fraction of sp³-hybridized carbons (Fsp3) is 0.387. The molecule has 0 saturated carbocycles. The van der Waals surface area contributed by atoms with Crippen LogP contribution < -0.4 is 5.73 Å². The van der Waals surface area contributed by atoms with E-state index in [1.807, 2.05) is 37.5 Å². The highest BCUT2D eigenvalue weighted by Gasteiger charge is 2.34. The van der Waals surface area contributed by atoms with Gasteiger partial charge in [0.05, 0.1) is 16.6 Å². The number of nitrogens with zero attached hydrogens (tertiary/aromatic N) is 4. The molecular formula is C31H38F3N5. The lowest BCUT2D eigenvalue weighted by atomic mass is 9.87. The monoisotopic (exact) mass is 537 g/mol. The van der Waals surface area contributed by atoms with Gasteiger partial charge in [-0.1, -0.05) is 37.8 Å². The number of fused-ring (bicyclic) bond motifs is 1. The minimum absolute atomic E-state index is 0.269. The van der Waals surface area contributed by atoms with Crippen molar-refractivity contribution in [3.8, 4) is 0 Å². The molecule has 0 aliphatic carbocycles. The van der Waals surface area contributed by atoms with Crippen LogP contribution in [0, 0.1) is 0 Å². The number of likely N-dealkylation sites (N-methyl/N-ethyl adjacent to an activating group) is 1. The van der Waals surface area contributed by atoms with Gasteiger partial charge in [0.25, 0.3) is 0 Å².